The van der Waals surface area contributed by atoms with Crippen LogP contribution in [0.25, 0.3) is 11.0 Å². The van der Waals surface area contributed by atoms with Crippen molar-refractivity contribution in [1.29, 1.82) is 0 Å². The fourth-order valence-electron chi connectivity index (χ4n) is 1.95. The molecule has 7 heteroatoms. The predicted molar refractivity (Wildman–Crippen MR) is 72.5 cm³/mol. The summed E-state index contributed by atoms with van der Waals surface area (Å²) in [5, 5.41) is 19.8. The Morgan fingerprint density at radius 1 is 1.30 bits per heavy atom. The van der Waals surface area contributed by atoms with E-state index in [2.05, 4.69) is 15.6 Å². The van der Waals surface area contributed by atoms with Crippen LogP contribution in [0.15, 0.2) is 18.2 Å². The first-order valence-electron chi connectivity index (χ1n) is 6.29. The highest BCUT2D eigenvalue weighted by molar-refractivity contribution is 6.01. The Morgan fingerprint density at radius 2 is 2.00 bits per heavy atom. The van der Waals surface area contributed by atoms with E-state index in [1.54, 1.807) is 19.1 Å². The third-order valence-electron chi connectivity index (χ3n) is 2.90. The summed E-state index contributed by atoms with van der Waals surface area (Å²) in [7, 11) is 0. The highest BCUT2D eigenvalue weighted by atomic mass is 16.4. The van der Waals surface area contributed by atoms with E-state index in [9.17, 15) is 14.7 Å². The number of nitrogens with zero attached hydrogens (tertiary/aromatic N) is 3. The molecule has 0 saturated heterocycles. The molecule has 7 nitrogen and oxygen atoms in total. The molecule has 0 saturated carbocycles. The quantitative estimate of drug-likeness (QED) is 0.875. The van der Waals surface area contributed by atoms with Crippen molar-refractivity contribution in [2.45, 2.75) is 32.9 Å². The average molecular weight is 276 g/mol. The molecule has 0 spiro atoms. The third-order valence-corrected chi connectivity index (χ3v) is 2.90. The number of rotatable bonds is 4. The second-order valence-electron chi connectivity index (χ2n) is 4.85. The topological polar surface area (TPSA) is 97.1 Å². The Labute approximate surface area is 115 Å². The highest BCUT2D eigenvalue weighted by Gasteiger charge is 2.22. The van der Waals surface area contributed by atoms with E-state index in [1.165, 1.54) is 10.7 Å². The summed E-state index contributed by atoms with van der Waals surface area (Å²) in [5.74, 6) is -1.30. The summed E-state index contributed by atoms with van der Waals surface area (Å²) in [6.07, 6.45) is 0. The molecule has 1 heterocycles. The van der Waals surface area contributed by atoms with Crippen molar-refractivity contribution in [2.24, 2.45) is 0 Å². The Morgan fingerprint density at radius 3 is 2.60 bits per heavy atom. The summed E-state index contributed by atoms with van der Waals surface area (Å²) in [6, 6.07) is 4.10. The Hall–Kier alpha value is -2.44. The van der Waals surface area contributed by atoms with Crippen molar-refractivity contribution in [2.75, 3.05) is 0 Å². The van der Waals surface area contributed by atoms with Gasteiger partial charge < -0.3 is 10.4 Å². The van der Waals surface area contributed by atoms with E-state index in [0.717, 1.165) is 0 Å². The van der Waals surface area contributed by atoms with Gasteiger partial charge in [0.2, 0.25) is 5.91 Å². The lowest BCUT2D eigenvalue weighted by molar-refractivity contribution is -0.124. The first-order valence-corrected chi connectivity index (χ1v) is 6.29. The molecule has 106 valence electrons. The molecular weight excluding hydrogens is 260 g/mol. The van der Waals surface area contributed by atoms with Gasteiger partial charge in [0.25, 0.3) is 0 Å². The maximum absolute atomic E-state index is 12.0. The van der Waals surface area contributed by atoms with Gasteiger partial charge in [0, 0.05) is 6.04 Å². The van der Waals surface area contributed by atoms with Crippen molar-refractivity contribution < 1.29 is 14.7 Å². The standard InChI is InChI=1S/C13H16N4O3/c1-7(2)14-12(18)8(3)17-11-9(13(19)20)5-4-6-10(11)15-16-17/h4-8H,1-3H3,(H,14,18)(H,19,20). The molecule has 2 aromatic rings. The molecule has 2 N–H and O–H groups in total. The molecule has 0 bridgehead atoms. The van der Waals surface area contributed by atoms with E-state index in [4.69, 9.17) is 0 Å². The zero-order valence-corrected chi connectivity index (χ0v) is 11.5. The number of para-hydroxylation sites is 1. The van der Waals surface area contributed by atoms with Crippen LogP contribution in [0.5, 0.6) is 0 Å². The largest absolute Gasteiger partial charge is 0.478 e. The molecule has 0 fully saturated rings. The van der Waals surface area contributed by atoms with Crippen LogP contribution in [0, 0.1) is 0 Å². The number of nitrogens with one attached hydrogen (secondary N) is 1. The second-order valence-corrected chi connectivity index (χ2v) is 4.85. The minimum Gasteiger partial charge on any atom is -0.478 e. The van der Waals surface area contributed by atoms with Crippen LogP contribution in [0.4, 0.5) is 0 Å². The number of hydrogen-bond acceptors (Lipinski definition) is 4. The SMILES string of the molecule is CC(C)NC(=O)C(C)n1nnc2cccc(C(=O)O)c21. The smallest absolute Gasteiger partial charge is 0.337 e. The van der Waals surface area contributed by atoms with Gasteiger partial charge in [-0.2, -0.15) is 0 Å². The first kappa shape index (κ1) is 14.0. The van der Waals surface area contributed by atoms with Crippen LogP contribution >= 0.6 is 0 Å². The van der Waals surface area contributed by atoms with Gasteiger partial charge in [0.05, 0.1) is 5.56 Å². The molecular formula is C13H16N4O3. The number of amides is 1. The number of benzene rings is 1. The fourth-order valence-corrected chi connectivity index (χ4v) is 1.95. The Kier molecular flexibility index (Phi) is 3.69. The van der Waals surface area contributed by atoms with E-state index >= 15 is 0 Å². The van der Waals surface area contributed by atoms with Crippen LogP contribution in [0.2, 0.25) is 0 Å². The van der Waals surface area contributed by atoms with Crippen molar-refractivity contribution >= 4 is 22.9 Å². The second kappa shape index (κ2) is 5.28. The monoisotopic (exact) mass is 276 g/mol. The predicted octanol–water partition coefficient (Wildman–Crippen LogP) is 1.22. The highest BCUT2D eigenvalue weighted by Crippen LogP contribution is 2.20. The van der Waals surface area contributed by atoms with Gasteiger partial charge in [-0.05, 0) is 32.9 Å². The lowest BCUT2D eigenvalue weighted by atomic mass is 10.1. The van der Waals surface area contributed by atoms with Crippen molar-refractivity contribution in [3.05, 3.63) is 23.8 Å². The minimum absolute atomic E-state index is 0.00122. The first-order chi connectivity index (χ1) is 9.41. The van der Waals surface area contributed by atoms with Crippen molar-refractivity contribution in [1.82, 2.24) is 20.3 Å². The van der Waals surface area contributed by atoms with E-state index < -0.39 is 12.0 Å². The number of fused-ring (bicyclic) bond motifs is 1. The molecule has 1 atom stereocenters. The van der Waals surface area contributed by atoms with Gasteiger partial charge in [-0.1, -0.05) is 11.3 Å². The number of aromatic nitrogens is 3. The maximum atomic E-state index is 12.0. The number of carboxylic acid groups (broad SMARTS) is 1. The number of aromatic carboxylic acids is 1. The van der Waals surface area contributed by atoms with Gasteiger partial charge in [-0.3, -0.25) is 4.79 Å². The number of carboxylic acids is 1. The summed E-state index contributed by atoms with van der Waals surface area (Å²) in [6.45, 7) is 5.37. The van der Waals surface area contributed by atoms with Crippen LogP contribution in [-0.4, -0.2) is 38.0 Å². The number of carbonyl (C=O) groups is 2. The van der Waals surface area contributed by atoms with Crippen LogP contribution < -0.4 is 5.32 Å². The van der Waals surface area contributed by atoms with Crippen molar-refractivity contribution in [3.8, 4) is 0 Å². The average Bonchev–Trinajstić information content (AvgIpc) is 2.80. The zero-order valence-electron chi connectivity index (χ0n) is 11.5. The van der Waals surface area contributed by atoms with Crippen LogP contribution in [-0.2, 0) is 4.79 Å². The molecule has 20 heavy (non-hydrogen) atoms. The molecule has 1 aromatic carbocycles. The zero-order chi connectivity index (χ0) is 14.9. The summed E-state index contributed by atoms with van der Waals surface area (Å²) < 4.78 is 1.34. The molecule has 0 aliphatic heterocycles. The Balaban J connectivity index is 2.49. The summed E-state index contributed by atoms with van der Waals surface area (Å²) in [4.78, 5) is 23.3. The number of carbonyl (C=O) groups excluding carboxylic acids is 1. The molecule has 0 aliphatic carbocycles. The molecule has 1 aromatic heterocycles. The van der Waals surface area contributed by atoms with Gasteiger partial charge in [0.15, 0.2) is 0 Å². The summed E-state index contributed by atoms with van der Waals surface area (Å²) >= 11 is 0. The molecule has 0 aliphatic rings. The van der Waals surface area contributed by atoms with E-state index in [1.807, 2.05) is 13.8 Å². The van der Waals surface area contributed by atoms with E-state index in [0.29, 0.717) is 11.0 Å². The maximum Gasteiger partial charge on any atom is 0.337 e. The number of hydrogen-bond donors (Lipinski definition) is 2. The van der Waals surface area contributed by atoms with Crippen molar-refractivity contribution in [3.63, 3.8) is 0 Å². The normalized spacial score (nSPS) is 12.6. The van der Waals surface area contributed by atoms with Crippen LogP contribution in [0.3, 0.4) is 0 Å². The van der Waals surface area contributed by atoms with Gasteiger partial charge in [0.1, 0.15) is 17.1 Å². The fraction of sp³-hybridized carbons (Fsp3) is 0.385. The molecule has 2 rings (SSSR count). The molecule has 1 unspecified atom stereocenters. The Bertz CT molecular complexity index is 663. The van der Waals surface area contributed by atoms with Gasteiger partial charge in [-0.15, -0.1) is 5.10 Å². The minimum atomic E-state index is -1.07. The summed E-state index contributed by atoms with van der Waals surface area (Å²) in [5.41, 5.74) is 0.886. The lowest BCUT2D eigenvalue weighted by Gasteiger charge is -2.15. The third kappa shape index (κ3) is 2.47. The van der Waals surface area contributed by atoms with Gasteiger partial charge >= 0.3 is 5.97 Å². The molecule has 0 radical (unpaired) electrons. The molecule has 1 amide bonds. The van der Waals surface area contributed by atoms with E-state index in [-0.39, 0.29) is 17.5 Å². The lowest BCUT2D eigenvalue weighted by Crippen LogP contribution is -2.36. The van der Waals surface area contributed by atoms with Crippen LogP contribution in [0.1, 0.15) is 37.2 Å². The van der Waals surface area contributed by atoms with Gasteiger partial charge in [-0.25, -0.2) is 9.48 Å².